The van der Waals surface area contributed by atoms with Crippen LogP contribution in [-0.2, 0) is 0 Å². The van der Waals surface area contributed by atoms with E-state index in [1.807, 2.05) is 24.3 Å². The fourth-order valence-corrected chi connectivity index (χ4v) is 3.20. The van der Waals surface area contributed by atoms with E-state index in [1.165, 1.54) is 24.6 Å². The molecule has 0 amide bonds. The predicted octanol–water partition coefficient (Wildman–Crippen LogP) is 3.92. The van der Waals surface area contributed by atoms with Gasteiger partial charge in [-0.1, -0.05) is 60.7 Å². The molecule has 0 aliphatic heterocycles. The van der Waals surface area contributed by atoms with Crippen LogP contribution in [0.4, 0.5) is 11.6 Å². The maximum Gasteiger partial charge on any atom is 0.336 e. The lowest BCUT2D eigenvalue weighted by molar-refractivity contribution is 0.0686. The first-order valence-corrected chi connectivity index (χ1v) is 10.0. The van der Waals surface area contributed by atoms with Crippen molar-refractivity contribution in [3.8, 4) is 0 Å². The topological polar surface area (TPSA) is 149 Å². The maximum atomic E-state index is 11.3. The van der Waals surface area contributed by atoms with Crippen molar-refractivity contribution in [3.05, 3.63) is 95.1 Å². The number of carboxylic acid groups (broad SMARTS) is 2. The van der Waals surface area contributed by atoms with E-state index in [0.717, 1.165) is 0 Å². The molecule has 10 nitrogen and oxygen atoms in total. The average Bonchev–Trinajstić information content (AvgIpc) is 2.85. The fraction of sp³-hybridized carbons (Fsp3) is 0. The lowest BCUT2D eigenvalue weighted by Crippen LogP contribution is -2.04. The van der Waals surface area contributed by atoms with Crippen molar-refractivity contribution in [1.82, 2.24) is 10.2 Å². The Labute approximate surface area is 193 Å². The van der Waals surface area contributed by atoms with Crippen LogP contribution in [0.5, 0.6) is 0 Å². The molecule has 0 saturated heterocycles. The Bertz CT molecular complexity index is 1330. The number of hydrogen-bond acceptors (Lipinski definition) is 8. The zero-order chi connectivity index (χ0) is 23.9. The van der Waals surface area contributed by atoms with Crippen LogP contribution < -0.4 is 10.9 Å². The smallest absolute Gasteiger partial charge is 0.336 e. The van der Waals surface area contributed by atoms with Crippen LogP contribution in [-0.4, -0.2) is 44.8 Å². The molecule has 0 unspecified atom stereocenters. The summed E-state index contributed by atoms with van der Waals surface area (Å²) in [6.07, 6.45) is 2.80. The molecule has 0 radical (unpaired) electrons. The van der Waals surface area contributed by atoms with E-state index in [0.29, 0.717) is 33.5 Å². The second-order valence-electron chi connectivity index (χ2n) is 6.97. The normalized spacial score (nSPS) is 11.2. The largest absolute Gasteiger partial charge is 0.478 e. The molecule has 4 N–H and O–H groups in total. The summed E-state index contributed by atoms with van der Waals surface area (Å²) in [6, 6.07) is 20.3. The Kier molecular flexibility index (Phi) is 6.50. The van der Waals surface area contributed by atoms with E-state index in [-0.39, 0.29) is 11.1 Å². The van der Waals surface area contributed by atoms with Gasteiger partial charge in [0.2, 0.25) is 0 Å². The van der Waals surface area contributed by atoms with Gasteiger partial charge in [0.05, 0.1) is 23.6 Å². The molecule has 0 aliphatic carbocycles. The van der Waals surface area contributed by atoms with Gasteiger partial charge in [0.1, 0.15) is 0 Å². The van der Waals surface area contributed by atoms with E-state index in [9.17, 15) is 19.8 Å². The van der Waals surface area contributed by atoms with Gasteiger partial charge in [0, 0.05) is 21.9 Å². The number of hydrazone groups is 2. The van der Waals surface area contributed by atoms with Crippen molar-refractivity contribution >= 4 is 46.8 Å². The van der Waals surface area contributed by atoms with Crippen LogP contribution in [0.1, 0.15) is 31.8 Å². The first-order chi connectivity index (χ1) is 16.5. The van der Waals surface area contributed by atoms with E-state index < -0.39 is 11.9 Å². The highest BCUT2D eigenvalue weighted by atomic mass is 16.4. The summed E-state index contributed by atoms with van der Waals surface area (Å²) in [5.41, 5.74) is 6.74. The fourth-order valence-electron chi connectivity index (χ4n) is 3.20. The molecule has 0 atom stereocenters. The summed E-state index contributed by atoms with van der Waals surface area (Å²) in [5.74, 6) is -1.36. The molecule has 0 bridgehead atoms. The molecule has 168 valence electrons. The van der Waals surface area contributed by atoms with Gasteiger partial charge in [-0.2, -0.15) is 10.2 Å². The van der Waals surface area contributed by atoms with Crippen molar-refractivity contribution in [2.45, 2.75) is 0 Å². The lowest BCUT2D eigenvalue weighted by Gasteiger charge is -2.08. The predicted molar refractivity (Wildman–Crippen MR) is 129 cm³/mol. The van der Waals surface area contributed by atoms with Crippen LogP contribution >= 0.6 is 0 Å². The number of nitrogens with one attached hydrogen (secondary N) is 2. The van der Waals surface area contributed by atoms with E-state index in [4.69, 9.17) is 0 Å². The number of benzene rings is 3. The number of nitrogens with zero attached hydrogens (tertiary/aromatic N) is 4. The first-order valence-electron chi connectivity index (χ1n) is 10.0. The van der Waals surface area contributed by atoms with Crippen molar-refractivity contribution in [2.75, 3.05) is 10.9 Å². The summed E-state index contributed by atoms with van der Waals surface area (Å²) >= 11 is 0. The monoisotopic (exact) mass is 454 g/mol. The molecular formula is C24H18N6O4. The van der Waals surface area contributed by atoms with Gasteiger partial charge in [0.25, 0.3) is 0 Å². The van der Waals surface area contributed by atoms with Gasteiger partial charge in [-0.15, -0.1) is 10.2 Å². The quantitative estimate of drug-likeness (QED) is 0.231. The molecule has 3 aromatic carbocycles. The molecule has 4 aromatic rings. The second kappa shape index (κ2) is 10.0. The molecule has 10 heteroatoms. The number of carbonyl (C=O) groups is 2. The summed E-state index contributed by atoms with van der Waals surface area (Å²) in [5, 5.41) is 36.5. The Balaban J connectivity index is 1.56. The molecule has 1 aromatic heterocycles. The molecule has 0 saturated carbocycles. The van der Waals surface area contributed by atoms with E-state index in [1.54, 1.807) is 36.4 Å². The number of carboxylic acids is 2. The highest BCUT2D eigenvalue weighted by molar-refractivity contribution is 6.01. The third kappa shape index (κ3) is 4.86. The van der Waals surface area contributed by atoms with Crippen LogP contribution in [0.3, 0.4) is 0 Å². The van der Waals surface area contributed by atoms with Gasteiger partial charge in [-0.3, -0.25) is 10.9 Å². The van der Waals surface area contributed by atoms with Crippen molar-refractivity contribution in [3.63, 3.8) is 0 Å². The minimum atomic E-state index is -1.05. The Morgan fingerprint density at radius 2 is 1.03 bits per heavy atom. The molecule has 1 heterocycles. The number of aromatic nitrogens is 2. The lowest BCUT2D eigenvalue weighted by atomic mass is 10.1. The van der Waals surface area contributed by atoms with Gasteiger partial charge in [0.15, 0.2) is 11.6 Å². The third-order valence-corrected chi connectivity index (χ3v) is 4.82. The van der Waals surface area contributed by atoms with Crippen LogP contribution in [0.2, 0.25) is 0 Å². The summed E-state index contributed by atoms with van der Waals surface area (Å²) < 4.78 is 0. The van der Waals surface area contributed by atoms with Crippen molar-refractivity contribution < 1.29 is 19.8 Å². The molecule has 4 rings (SSSR count). The minimum absolute atomic E-state index is 0.130. The highest BCUT2D eigenvalue weighted by Gasteiger charge is 2.10. The van der Waals surface area contributed by atoms with Crippen LogP contribution in [0, 0.1) is 0 Å². The molecule has 0 fully saturated rings. The SMILES string of the molecule is O=C(O)c1ccccc1/C=N/Nc1nnc(N/N=C/c2ccccc2C(=O)O)c2ccccc12. The van der Waals surface area contributed by atoms with Gasteiger partial charge >= 0.3 is 11.9 Å². The zero-order valence-corrected chi connectivity index (χ0v) is 17.6. The van der Waals surface area contributed by atoms with Crippen LogP contribution in [0.15, 0.2) is 83.0 Å². The Morgan fingerprint density at radius 3 is 1.44 bits per heavy atom. The summed E-state index contributed by atoms with van der Waals surface area (Å²) in [6.45, 7) is 0. The summed E-state index contributed by atoms with van der Waals surface area (Å²) in [7, 11) is 0. The Morgan fingerprint density at radius 1 is 0.647 bits per heavy atom. The number of rotatable bonds is 8. The van der Waals surface area contributed by atoms with Crippen molar-refractivity contribution in [2.24, 2.45) is 10.2 Å². The van der Waals surface area contributed by atoms with Crippen LogP contribution in [0.25, 0.3) is 10.8 Å². The van der Waals surface area contributed by atoms with Gasteiger partial charge in [-0.05, 0) is 12.1 Å². The van der Waals surface area contributed by atoms with Gasteiger partial charge < -0.3 is 10.2 Å². The molecule has 0 aliphatic rings. The van der Waals surface area contributed by atoms with Gasteiger partial charge in [-0.25, -0.2) is 9.59 Å². The zero-order valence-electron chi connectivity index (χ0n) is 17.6. The molecule has 34 heavy (non-hydrogen) atoms. The summed E-state index contributed by atoms with van der Waals surface area (Å²) in [4.78, 5) is 22.7. The molecular weight excluding hydrogens is 436 g/mol. The first kappa shape index (κ1) is 22.1. The van der Waals surface area contributed by atoms with Crippen molar-refractivity contribution in [1.29, 1.82) is 0 Å². The third-order valence-electron chi connectivity index (χ3n) is 4.82. The number of fused-ring (bicyclic) bond motifs is 1. The molecule has 0 spiro atoms. The number of hydrogen-bond donors (Lipinski definition) is 4. The maximum absolute atomic E-state index is 11.3. The highest BCUT2D eigenvalue weighted by Crippen LogP contribution is 2.26. The average molecular weight is 454 g/mol. The second-order valence-corrected chi connectivity index (χ2v) is 6.97. The number of aromatic carboxylic acids is 2. The minimum Gasteiger partial charge on any atom is -0.478 e. The number of anilines is 2. The van der Waals surface area contributed by atoms with E-state index in [2.05, 4.69) is 31.3 Å². The Hall–Kier alpha value is -5.12. The standard InChI is InChI=1S/C24H18N6O4/c31-23(32)17-9-3-1-7-15(17)13-25-27-21-19-11-5-6-12-20(19)22(30-29-21)28-26-14-16-8-2-4-10-18(16)24(33)34/h1-14H,(H,27,29)(H,28,30)(H,31,32)(H,33,34)/b25-13+,26-14+. The van der Waals surface area contributed by atoms with E-state index >= 15 is 0 Å².